The maximum Gasteiger partial charge on any atom is 0.308 e. The smallest absolute Gasteiger partial charge is 0.308 e. The minimum Gasteiger partial charge on any atom is -0.508 e. The van der Waals surface area contributed by atoms with E-state index in [2.05, 4.69) is 60.6 Å². The van der Waals surface area contributed by atoms with E-state index in [4.69, 9.17) is 9.47 Å². The van der Waals surface area contributed by atoms with Gasteiger partial charge in [0.05, 0.1) is 0 Å². The van der Waals surface area contributed by atoms with Gasteiger partial charge < -0.3 is 14.6 Å². The Labute approximate surface area is 251 Å². The first-order valence-corrected chi connectivity index (χ1v) is 16.2. The zero-order chi connectivity index (χ0) is 29.4. The first kappa shape index (κ1) is 29.3. The number of piperidine rings is 1. The Kier molecular flexibility index (Phi) is 8.39. The molecule has 6 nitrogen and oxygen atoms in total. The van der Waals surface area contributed by atoms with Crippen molar-refractivity contribution in [1.29, 1.82) is 0 Å². The molecule has 5 atom stereocenters. The van der Waals surface area contributed by atoms with Crippen LogP contribution in [0.15, 0.2) is 49.1 Å². The minimum atomic E-state index is -0.389. The van der Waals surface area contributed by atoms with Crippen molar-refractivity contribution in [3.8, 4) is 17.2 Å². The lowest BCUT2D eigenvalue weighted by Gasteiger charge is -2.60. The van der Waals surface area contributed by atoms with E-state index in [9.17, 15) is 9.90 Å². The molecule has 4 aliphatic rings. The molecule has 0 aromatic heterocycles. The Hall–Kier alpha value is -2.83. The summed E-state index contributed by atoms with van der Waals surface area (Å²) in [5, 5.41) is 11.3. The molecule has 42 heavy (non-hydrogen) atoms. The van der Waals surface area contributed by atoms with Crippen molar-refractivity contribution >= 4 is 5.97 Å². The first-order valence-electron chi connectivity index (χ1n) is 16.2. The molecule has 226 valence electrons. The van der Waals surface area contributed by atoms with Gasteiger partial charge in [0.1, 0.15) is 11.9 Å². The monoisotopic (exact) mass is 572 g/mol. The highest BCUT2D eigenvalue weighted by Crippen LogP contribution is 2.65. The predicted molar refractivity (Wildman–Crippen MR) is 166 cm³/mol. The topological polar surface area (TPSA) is 62.2 Å². The summed E-state index contributed by atoms with van der Waals surface area (Å²) in [5.74, 6) is 1.37. The molecular formula is C36H48N2O4. The summed E-state index contributed by atoms with van der Waals surface area (Å²) in [6.45, 7) is 13.0. The molecule has 1 saturated heterocycles. The van der Waals surface area contributed by atoms with Gasteiger partial charge in [0.15, 0.2) is 11.5 Å². The van der Waals surface area contributed by atoms with Gasteiger partial charge in [-0.1, -0.05) is 49.2 Å². The van der Waals surface area contributed by atoms with Crippen LogP contribution in [0.3, 0.4) is 0 Å². The maximum atomic E-state index is 12.1. The van der Waals surface area contributed by atoms with Crippen molar-refractivity contribution in [2.24, 2.45) is 5.92 Å². The molecule has 6 heteroatoms. The summed E-state index contributed by atoms with van der Waals surface area (Å²) in [5.41, 5.74) is 3.38. The van der Waals surface area contributed by atoms with Crippen LogP contribution in [0.1, 0.15) is 82.4 Å². The number of hydrogen-bond acceptors (Lipinski definition) is 6. The molecular weight excluding hydrogens is 524 g/mol. The van der Waals surface area contributed by atoms with E-state index >= 15 is 0 Å². The van der Waals surface area contributed by atoms with Crippen LogP contribution >= 0.6 is 0 Å². The lowest BCUT2D eigenvalue weighted by atomic mass is 9.50. The van der Waals surface area contributed by atoms with Crippen molar-refractivity contribution in [3.63, 3.8) is 0 Å². The summed E-state index contributed by atoms with van der Waals surface area (Å²) in [6.07, 6.45) is 12.1. The lowest BCUT2D eigenvalue weighted by Crippen LogP contribution is -2.69. The van der Waals surface area contributed by atoms with E-state index in [0.717, 1.165) is 62.9 Å². The third kappa shape index (κ3) is 5.05. The van der Waals surface area contributed by atoms with Crippen molar-refractivity contribution < 1.29 is 19.4 Å². The van der Waals surface area contributed by atoms with Crippen LogP contribution in [-0.2, 0) is 23.1 Å². The Morgan fingerprint density at radius 2 is 2.00 bits per heavy atom. The second-order valence-electron chi connectivity index (χ2n) is 13.3. The fourth-order valence-electron chi connectivity index (χ4n) is 9.04. The SMILES string of the molecule is C=CCN1CC[C@]23c4c5c(O)cc(OC(C)=O)c4O[C@H]2[C@H](N(CCCCCCc2ccccc2)C(C)C)CC[C@H]3[C@H]1C5. The van der Waals surface area contributed by atoms with Crippen LogP contribution in [0, 0.1) is 5.92 Å². The zero-order valence-corrected chi connectivity index (χ0v) is 25.7. The molecule has 0 radical (unpaired) electrons. The number of ether oxygens (including phenoxy) is 2. The Bertz CT molecular complexity index is 1290. The van der Waals surface area contributed by atoms with Crippen molar-refractivity contribution in [2.45, 2.75) is 108 Å². The summed E-state index contributed by atoms with van der Waals surface area (Å²) in [4.78, 5) is 17.3. The number of rotatable bonds is 12. The van der Waals surface area contributed by atoms with Gasteiger partial charge in [-0.3, -0.25) is 14.6 Å². The van der Waals surface area contributed by atoms with Crippen LogP contribution in [0.5, 0.6) is 17.2 Å². The lowest BCUT2D eigenvalue weighted by molar-refractivity contribution is -0.132. The highest BCUT2D eigenvalue weighted by Gasteiger charge is 2.66. The number of benzene rings is 2. The van der Waals surface area contributed by atoms with Crippen LogP contribution in [0.25, 0.3) is 0 Å². The molecule has 6 rings (SSSR count). The molecule has 2 bridgehead atoms. The summed E-state index contributed by atoms with van der Waals surface area (Å²) < 4.78 is 12.7. The zero-order valence-electron chi connectivity index (χ0n) is 25.7. The van der Waals surface area contributed by atoms with E-state index in [-0.39, 0.29) is 29.3 Å². The molecule has 2 aliphatic carbocycles. The molecule has 2 aromatic carbocycles. The second kappa shape index (κ2) is 12.0. The fourth-order valence-corrected chi connectivity index (χ4v) is 9.04. The number of aryl methyl sites for hydroxylation is 1. The average molecular weight is 573 g/mol. The number of carbonyl (C=O) groups is 1. The molecule has 1 saturated carbocycles. The second-order valence-corrected chi connectivity index (χ2v) is 13.3. The molecule has 2 fully saturated rings. The van der Waals surface area contributed by atoms with Crippen molar-refractivity contribution in [1.82, 2.24) is 9.80 Å². The number of esters is 1. The molecule has 1 N–H and O–H groups in total. The largest absolute Gasteiger partial charge is 0.508 e. The van der Waals surface area contributed by atoms with Gasteiger partial charge in [-0.2, -0.15) is 0 Å². The molecule has 0 unspecified atom stereocenters. The average Bonchev–Trinajstić information content (AvgIpc) is 3.31. The predicted octanol–water partition coefficient (Wildman–Crippen LogP) is 6.42. The van der Waals surface area contributed by atoms with E-state index in [1.54, 1.807) is 6.07 Å². The standard InChI is InChI=1S/C36H48N2O4/c1-5-19-37-21-18-36-28-16-17-29(38(24(2)3)20-12-7-6-9-13-26-14-10-8-11-15-26)35(36)42-34-32(41-25(4)39)23-31(40)27(33(34)36)22-30(28)37/h5,8,10-11,14-15,23-24,28-30,35,40H,1,6-7,9,12-13,16-22H2,2-4H3/t28-,29+,30+,35-,36-/m0/s1. The molecule has 0 amide bonds. The van der Waals surface area contributed by atoms with E-state index in [1.807, 2.05) is 6.08 Å². The number of hydrogen-bond donors (Lipinski definition) is 1. The van der Waals surface area contributed by atoms with Gasteiger partial charge in [0.25, 0.3) is 0 Å². The van der Waals surface area contributed by atoms with E-state index in [1.165, 1.54) is 38.2 Å². The number of nitrogens with zero attached hydrogens (tertiary/aromatic N) is 2. The quantitative estimate of drug-likeness (QED) is 0.137. The number of likely N-dealkylation sites (tertiary alicyclic amines) is 1. The van der Waals surface area contributed by atoms with E-state index in [0.29, 0.717) is 29.5 Å². The number of unbranched alkanes of at least 4 members (excludes halogenated alkanes) is 3. The molecule has 2 aromatic rings. The Morgan fingerprint density at radius 3 is 2.74 bits per heavy atom. The van der Waals surface area contributed by atoms with Gasteiger partial charge in [-0.15, -0.1) is 6.58 Å². The third-order valence-corrected chi connectivity index (χ3v) is 10.7. The number of carbonyl (C=O) groups excluding carboxylic acids is 1. The Morgan fingerprint density at radius 1 is 1.21 bits per heavy atom. The molecule has 1 spiro atoms. The first-order chi connectivity index (χ1) is 20.3. The van der Waals surface area contributed by atoms with E-state index < -0.39 is 0 Å². The highest BCUT2D eigenvalue weighted by atomic mass is 16.6. The van der Waals surface area contributed by atoms with Crippen LogP contribution in [0.4, 0.5) is 0 Å². The van der Waals surface area contributed by atoms with Crippen molar-refractivity contribution in [3.05, 3.63) is 65.7 Å². The maximum absolute atomic E-state index is 12.1. The van der Waals surface area contributed by atoms with Gasteiger partial charge >= 0.3 is 5.97 Å². The van der Waals surface area contributed by atoms with Gasteiger partial charge in [-0.25, -0.2) is 0 Å². The van der Waals surface area contributed by atoms with Gasteiger partial charge in [0, 0.05) is 54.2 Å². The number of aromatic hydroxyl groups is 1. The van der Waals surface area contributed by atoms with Gasteiger partial charge in [-0.05, 0) is 83.4 Å². The normalized spacial score (nSPS) is 27.5. The number of phenols is 1. The number of phenolic OH excluding ortho intramolecular Hbond substituents is 1. The minimum absolute atomic E-state index is 0.0183. The summed E-state index contributed by atoms with van der Waals surface area (Å²) in [7, 11) is 0. The highest BCUT2D eigenvalue weighted by molar-refractivity contribution is 5.73. The van der Waals surface area contributed by atoms with Gasteiger partial charge in [0.2, 0.25) is 0 Å². The van der Waals surface area contributed by atoms with Crippen molar-refractivity contribution in [2.75, 3.05) is 19.6 Å². The molecule has 2 aliphatic heterocycles. The Balaban J connectivity index is 1.25. The molecule has 2 heterocycles. The van der Waals surface area contributed by atoms with Crippen LogP contribution in [-0.4, -0.2) is 64.7 Å². The summed E-state index contributed by atoms with van der Waals surface area (Å²) in [6, 6.07) is 13.4. The van der Waals surface area contributed by atoms with Crippen LogP contribution < -0.4 is 9.47 Å². The third-order valence-electron chi connectivity index (χ3n) is 10.7. The van der Waals surface area contributed by atoms with Crippen LogP contribution in [0.2, 0.25) is 0 Å². The fraction of sp³-hybridized carbons (Fsp3) is 0.583. The summed E-state index contributed by atoms with van der Waals surface area (Å²) >= 11 is 0.